The van der Waals surface area contributed by atoms with E-state index in [2.05, 4.69) is 30.2 Å². The zero-order valence-electron chi connectivity index (χ0n) is 12.4. The predicted molar refractivity (Wildman–Crippen MR) is 80.1 cm³/mol. The second-order valence-corrected chi connectivity index (χ2v) is 4.78. The van der Waals surface area contributed by atoms with E-state index in [1.807, 2.05) is 12.1 Å². The Balaban J connectivity index is 2.10. The van der Waals surface area contributed by atoms with Crippen LogP contribution in [0.15, 0.2) is 28.8 Å². The average molecular weight is 274 g/mol. The molecule has 20 heavy (non-hydrogen) atoms. The topological polar surface area (TPSA) is 47.3 Å². The van der Waals surface area contributed by atoms with Crippen LogP contribution in [0, 0.1) is 6.92 Å². The molecule has 2 rings (SSSR count). The first-order valence-corrected chi connectivity index (χ1v) is 7.05. The Morgan fingerprint density at radius 2 is 2.20 bits per heavy atom. The normalized spacial score (nSPS) is 10.8. The molecular weight excluding hydrogens is 252 g/mol. The lowest BCUT2D eigenvalue weighted by Crippen LogP contribution is -2.14. The number of benzene rings is 1. The van der Waals surface area contributed by atoms with Crippen molar-refractivity contribution in [2.75, 3.05) is 20.2 Å². The quantitative estimate of drug-likeness (QED) is 0.788. The van der Waals surface area contributed by atoms with Crippen LogP contribution in [0.4, 0.5) is 0 Å². The van der Waals surface area contributed by atoms with Gasteiger partial charge in [-0.15, -0.1) is 0 Å². The summed E-state index contributed by atoms with van der Waals surface area (Å²) in [6.07, 6.45) is 3.65. The molecule has 1 aromatic carbocycles. The molecule has 4 nitrogen and oxygen atoms in total. The Hall–Kier alpha value is -1.81. The number of methoxy groups -OCH3 is 1. The van der Waals surface area contributed by atoms with Gasteiger partial charge in [-0.2, -0.15) is 0 Å². The fourth-order valence-electron chi connectivity index (χ4n) is 2.11. The number of oxazole rings is 1. The maximum absolute atomic E-state index is 5.83. The number of nitrogens with one attached hydrogen (secondary N) is 1. The van der Waals surface area contributed by atoms with Gasteiger partial charge in [0.2, 0.25) is 0 Å². The monoisotopic (exact) mass is 274 g/mol. The van der Waals surface area contributed by atoms with Crippen LogP contribution in [-0.4, -0.2) is 25.2 Å². The van der Waals surface area contributed by atoms with Gasteiger partial charge in [-0.3, -0.25) is 0 Å². The molecule has 0 radical (unpaired) electrons. The summed E-state index contributed by atoms with van der Waals surface area (Å²) in [4.78, 5) is 4.35. The maximum Gasteiger partial charge on any atom is 0.194 e. The van der Waals surface area contributed by atoms with Crippen molar-refractivity contribution in [3.63, 3.8) is 0 Å². The summed E-state index contributed by atoms with van der Waals surface area (Å²) < 4.78 is 11.2. The van der Waals surface area contributed by atoms with Gasteiger partial charge in [0.25, 0.3) is 0 Å². The molecule has 0 amide bonds. The molecule has 0 atom stereocenters. The Labute approximate surface area is 120 Å². The summed E-state index contributed by atoms with van der Waals surface area (Å²) in [6, 6.07) is 6.04. The Morgan fingerprint density at radius 3 is 2.95 bits per heavy atom. The Bertz CT molecular complexity index is 549. The minimum atomic E-state index is 0.768. The van der Waals surface area contributed by atoms with Crippen molar-refractivity contribution in [3.05, 3.63) is 35.9 Å². The lowest BCUT2D eigenvalue weighted by Gasteiger charge is -2.06. The van der Waals surface area contributed by atoms with Crippen molar-refractivity contribution in [2.24, 2.45) is 0 Å². The van der Waals surface area contributed by atoms with Gasteiger partial charge in [0.1, 0.15) is 5.75 Å². The summed E-state index contributed by atoms with van der Waals surface area (Å²) in [7, 11) is 1.67. The van der Waals surface area contributed by atoms with Crippen LogP contribution < -0.4 is 10.1 Å². The Kier molecular flexibility index (Phi) is 5.18. The summed E-state index contributed by atoms with van der Waals surface area (Å²) >= 11 is 0. The van der Waals surface area contributed by atoms with Crippen molar-refractivity contribution >= 4 is 0 Å². The van der Waals surface area contributed by atoms with Gasteiger partial charge >= 0.3 is 0 Å². The lowest BCUT2D eigenvalue weighted by atomic mass is 10.1. The highest BCUT2D eigenvalue weighted by Crippen LogP contribution is 2.31. The molecule has 0 aliphatic heterocycles. The zero-order chi connectivity index (χ0) is 14.4. The summed E-state index contributed by atoms with van der Waals surface area (Å²) in [6.45, 7) is 6.14. The molecule has 108 valence electrons. The molecule has 1 aromatic heterocycles. The van der Waals surface area contributed by atoms with Crippen molar-refractivity contribution in [1.29, 1.82) is 0 Å². The van der Waals surface area contributed by atoms with E-state index in [0.717, 1.165) is 48.9 Å². The molecule has 0 aliphatic carbocycles. The third-order valence-corrected chi connectivity index (χ3v) is 3.17. The first kappa shape index (κ1) is 14.6. The van der Waals surface area contributed by atoms with Crippen molar-refractivity contribution in [3.8, 4) is 17.1 Å². The highest BCUT2D eigenvalue weighted by Gasteiger charge is 2.11. The fourth-order valence-corrected chi connectivity index (χ4v) is 2.11. The van der Waals surface area contributed by atoms with Crippen LogP contribution in [0.1, 0.15) is 24.8 Å². The molecule has 0 unspecified atom stereocenters. The van der Waals surface area contributed by atoms with Gasteiger partial charge in [-0.25, -0.2) is 4.98 Å². The molecule has 1 heterocycles. The SMILES string of the molecule is CCNCCCc1ncc(-c2cc(C)ccc2OC)o1. The van der Waals surface area contributed by atoms with E-state index in [1.165, 1.54) is 5.56 Å². The largest absolute Gasteiger partial charge is 0.496 e. The standard InChI is InChI=1S/C16H22N2O2/c1-4-17-9-5-6-16-18-11-15(20-16)13-10-12(2)7-8-14(13)19-3/h7-8,10-11,17H,4-6,9H2,1-3H3. The molecule has 1 N–H and O–H groups in total. The molecular formula is C16H22N2O2. The van der Waals surface area contributed by atoms with E-state index in [4.69, 9.17) is 9.15 Å². The van der Waals surface area contributed by atoms with Gasteiger partial charge in [0, 0.05) is 6.42 Å². The number of hydrogen-bond donors (Lipinski definition) is 1. The number of ether oxygens (including phenoxy) is 1. The number of aryl methyl sites for hydroxylation is 2. The average Bonchev–Trinajstić information content (AvgIpc) is 2.92. The predicted octanol–water partition coefficient (Wildman–Crippen LogP) is 3.20. The minimum Gasteiger partial charge on any atom is -0.496 e. The van der Waals surface area contributed by atoms with E-state index in [9.17, 15) is 0 Å². The molecule has 0 saturated carbocycles. The fraction of sp³-hybridized carbons (Fsp3) is 0.438. The number of aromatic nitrogens is 1. The van der Waals surface area contributed by atoms with Crippen molar-refractivity contribution in [2.45, 2.75) is 26.7 Å². The summed E-state index contributed by atoms with van der Waals surface area (Å²) in [5.74, 6) is 2.36. The first-order chi connectivity index (χ1) is 9.74. The number of nitrogens with zero attached hydrogens (tertiary/aromatic N) is 1. The molecule has 0 saturated heterocycles. The molecule has 0 spiro atoms. The zero-order valence-corrected chi connectivity index (χ0v) is 12.4. The van der Waals surface area contributed by atoms with E-state index < -0.39 is 0 Å². The van der Waals surface area contributed by atoms with Crippen LogP contribution in [0.5, 0.6) is 5.75 Å². The summed E-state index contributed by atoms with van der Waals surface area (Å²) in [5.41, 5.74) is 2.13. The van der Waals surface area contributed by atoms with Gasteiger partial charge in [-0.1, -0.05) is 18.6 Å². The van der Waals surface area contributed by atoms with E-state index in [0.29, 0.717) is 0 Å². The second-order valence-electron chi connectivity index (χ2n) is 4.78. The second kappa shape index (κ2) is 7.10. The maximum atomic E-state index is 5.83. The van der Waals surface area contributed by atoms with Crippen LogP contribution in [-0.2, 0) is 6.42 Å². The molecule has 0 bridgehead atoms. The van der Waals surface area contributed by atoms with Crippen molar-refractivity contribution < 1.29 is 9.15 Å². The third kappa shape index (κ3) is 3.61. The molecule has 4 heteroatoms. The number of hydrogen-bond acceptors (Lipinski definition) is 4. The third-order valence-electron chi connectivity index (χ3n) is 3.17. The minimum absolute atomic E-state index is 0.768. The highest BCUT2D eigenvalue weighted by molar-refractivity contribution is 5.66. The summed E-state index contributed by atoms with van der Waals surface area (Å²) in [5, 5.41) is 3.29. The van der Waals surface area contributed by atoms with Gasteiger partial charge in [0.05, 0.1) is 18.9 Å². The molecule has 0 fully saturated rings. The van der Waals surface area contributed by atoms with E-state index in [-0.39, 0.29) is 0 Å². The van der Waals surface area contributed by atoms with E-state index >= 15 is 0 Å². The lowest BCUT2D eigenvalue weighted by molar-refractivity contribution is 0.413. The molecule has 2 aromatic rings. The van der Waals surface area contributed by atoms with Gasteiger partial charge < -0.3 is 14.5 Å². The van der Waals surface area contributed by atoms with Crippen molar-refractivity contribution in [1.82, 2.24) is 10.3 Å². The van der Waals surface area contributed by atoms with Gasteiger partial charge in [0.15, 0.2) is 11.7 Å². The van der Waals surface area contributed by atoms with Crippen LogP contribution in [0.3, 0.4) is 0 Å². The van der Waals surface area contributed by atoms with Crippen LogP contribution >= 0.6 is 0 Å². The van der Waals surface area contributed by atoms with Gasteiger partial charge in [-0.05, 0) is 38.6 Å². The van der Waals surface area contributed by atoms with Crippen LogP contribution in [0.2, 0.25) is 0 Å². The highest BCUT2D eigenvalue weighted by atomic mass is 16.5. The Morgan fingerprint density at radius 1 is 1.35 bits per heavy atom. The number of rotatable bonds is 7. The smallest absolute Gasteiger partial charge is 0.194 e. The first-order valence-electron chi connectivity index (χ1n) is 7.05. The molecule has 0 aliphatic rings. The van der Waals surface area contributed by atoms with E-state index in [1.54, 1.807) is 13.3 Å². The van der Waals surface area contributed by atoms with Crippen LogP contribution in [0.25, 0.3) is 11.3 Å².